The summed E-state index contributed by atoms with van der Waals surface area (Å²) in [4.78, 5) is 18.9. The largest absolute Gasteiger partial charge is 0.451 e. The number of amides is 1. The molecule has 1 aromatic carbocycles. The molecular weight excluding hydrogens is 372 g/mol. The SMILES string of the molecule is Cc1c(C(=O)N2CC3(C[C@H](OCc4ccncc4)CS3)C2)oc2ccccc12. The highest BCUT2D eigenvalue weighted by Crippen LogP contribution is 2.46. The number of thioether (sulfide) groups is 1. The minimum absolute atomic E-state index is 0.000999. The molecule has 1 amide bonds. The van der Waals surface area contributed by atoms with Gasteiger partial charge in [-0.05, 0) is 37.1 Å². The highest BCUT2D eigenvalue weighted by Gasteiger charge is 2.51. The second kappa shape index (κ2) is 6.94. The number of hydrogen-bond donors (Lipinski definition) is 0. The van der Waals surface area contributed by atoms with Gasteiger partial charge in [-0.25, -0.2) is 0 Å². The number of carbonyl (C=O) groups is 1. The van der Waals surface area contributed by atoms with Crippen molar-refractivity contribution >= 4 is 28.6 Å². The lowest BCUT2D eigenvalue weighted by Gasteiger charge is -2.47. The quantitative estimate of drug-likeness (QED) is 0.668. The first-order valence-electron chi connectivity index (χ1n) is 9.55. The Balaban J connectivity index is 1.20. The van der Waals surface area contributed by atoms with E-state index in [0.717, 1.165) is 47.4 Å². The molecular formula is C22H22N2O3S. The maximum Gasteiger partial charge on any atom is 0.289 e. The highest BCUT2D eigenvalue weighted by molar-refractivity contribution is 8.01. The summed E-state index contributed by atoms with van der Waals surface area (Å²) in [6.07, 6.45) is 4.81. The van der Waals surface area contributed by atoms with Crippen molar-refractivity contribution in [1.82, 2.24) is 9.88 Å². The molecule has 2 fully saturated rings. The Morgan fingerprint density at radius 1 is 1.29 bits per heavy atom. The van der Waals surface area contributed by atoms with Crippen LogP contribution < -0.4 is 0 Å². The Morgan fingerprint density at radius 3 is 2.86 bits per heavy atom. The molecule has 2 saturated heterocycles. The van der Waals surface area contributed by atoms with Crippen molar-refractivity contribution < 1.29 is 13.9 Å². The van der Waals surface area contributed by atoms with Gasteiger partial charge in [-0.1, -0.05) is 18.2 Å². The third-order valence-electron chi connectivity index (χ3n) is 5.69. The molecule has 2 aromatic heterocycles. The summed E-state index contributed by atoms with van der Waals surface area (Å²) in [6, 6.07) is 11.8. The van der Waals surface area contributed by atoms with Crippen LogP contribution in [0.2, 0.25) is 0 Å². The summed E-state index contributed by atoms with van der Waals surface area (Å²) in [5, 5.41) is 1.01. The van der Waals surface area contributed by atoms with Crippen LogP contribution in [0, 0.1) is 6.92 Å². The topological polar surface area (TPSA) is 55.6 Å². The van der Waals surface area contributed by atoms with Crippen molar-refractivity contribution in [2.75, 3.05) is 18.8 Å². The number of ether oxygens (including phenoxy) is 1. The van der Waals surface area contributed by atoms with Gasteiger partial charge in [0.05, 0.1) is 17.5 Å². The first-order valence-corrected chi connectivity index (χ1v) is 10.5. The molecule has 2 aliphatic heterocycles. The summed E-state index contributed by atoms with van der Waals surface area (Å²) in [7, 11) is 0. The summed E-state index contributed by atoms with van der Waals surface area (Å²) < 4.78 is 12.1. The zero-order valence-electron chi connectivity index (χ0n) is 15.8. The van der Waals surface area contributed by atoms with Gasteiger partial charge >= 0.3 is 0 Å². The number of aryl methyl sites for hydroxylation is 1. The van der Waals surface area contributed by atoms with Gasteiger partial charge in [0.25, 0.3) is 5.91 Å². The number of hydrogen-bond acceptors (Lipinski definition) is 5. The van der Waals surface area contributed by atoms with E-state index in [9.17, 15) is 4.79 Å². The van der Waals surface area contributed by atoms with Gasteiger partial charge in [0.1, 0.15) is 5.58 Å². The number of para-hydroxylation sites is 1. The molecule has 3 aromatic rings. The minimum atomic E-state index is 0.000999. The van der Waals surface area contributed by atoms with E-state index in [2.05, 4.69) is 4.98 Å². The smallest absolute Gasteiger partial charge is 0.289 e. The van der Waals surface area contributed by atoms with Gasteiger partial charge in [0, 0.05) is 42.2 Å². The maximum atomic E-state index is 12.9. The molecule has 28 heavy (non-hydrogen) atoms. The molecule has 0 radical (unpaired) electrons. The molecule has 4 heterocycles. The highest BCUT2D eigenvalue weighted by atomic mass is 32.2. The van der Waals surface area contributed by atoms with E-state index in [0.29, 0.717) is 12.4 Å². The minimum Gasteiger partial charge on any atom is -0.451 e. The van der Waals surface area contributed by atoms with Crippen molar-refractivity contribution in [2.45, 2.75) is 30.8 Å². The van der Waals surface area contributed by atoms with E-state index in [1.807, 2.05) is 60.0 Å². The molecule has 5 nitrogen and oxygen atoms in total. The van der Waals surface area contributed by atoms with Crippen LogP contribution in [0.5, 0.6) is 0 Å². The number of likely N-dealkylation sites (tertiary alicyclic amines) is 1. The van der Waals surface area contributed by atoms with Crippen LogP contribution in [0.15, 0.2) is 53.2 Å². The normalized spacial score (nSPS) is 20.6. The van der Waals surface area contributed by atoms with E-state index >= 15 is 0 Å². The zero-order valence-corrected chi connectivity index (χ0v) is 16.6. The number of furan rings is 1. The predicted octanol–water partition coefficient (Wildman–Crippen LogP) is 4.05. The van der Waals surface area contributed by atoms with Gasteiger partial charge in [0.15, 0.2) is 5.76 Å². The van der Waals surface area contributed by atoms with E-state index in [4.69, 9.17) is 9.15 Å². The number of nitrogens with zero attached hydrogens (tertiary/aromatic N) is 2. The predicted molar refractivity (Wildman–Crippen MR) is 109 cm³/mol. The average Bonchev–Trinajstić information content (AvgIpc) is 3.28. The second-order valence-electron chi connectivity index (χ2n) is 7.70. The molecule has 1 atom stereocenters. The zero-order chi connectivity index (χ0) is 19.1. The molecule has 0 unspecified atom stereocenters. The fourth-order valence-electron chi connectivity index (χ4n) is 4.14. The number of carbonyl (C=O) groups excluding carboxylic acids is 1. The van der Waals surface area contributed by atoms with Crippen LogP contribution in [0.25, 0.3) is 11.0 Å². The van der Waals surface area contributed by atoms with Crippen molar-refractivity contribution in [1.29, 1.82) is 0 Å². The van der Waals surface area contributed by atoms with Gasteiger partial charge < -0.3 is 14.1 Å². The average molecular weight is 394 g/mol. The van der Waals surface area contributed by atoms with E-state index in [1.165, 1.54) is 0 Å². The Hall–Kier alpha value is -2.31. The van der Waals surface area contributed by atoms with Crippen molar-refractivity contribution in [2.24, 2.45) is 0 Å². The van der Waals surface area contributed by atoms with Crippen LogP contribution in [-0.4, -0.2) is 45.5 Å². The summed E-state index contributed by atoms with van der Waals surface area (Å²) in [6.45, 7) is 4.11. The van der Waals surface area contributed by atoms with Gasteiger partial charge in [-0.15, -0.1) is 11.8 Å². The number of benzene rings is 1. The summed E-state index contributed by atoms with van der Waals surface area (Å²) in [5.41, 5.74) is 2.85. The molecule has 144 valence electrons. The molecule has 0 bridgehead atoms. The molecule has 5 rings (SSSR count). The van der Waals surface area contributed by atoms with E-state index in [1.54, 1.807) is 12.4 Å². The molecule has 0 aliphatic carbocycles. The second-order valence-corrected chi connectivity index (χ2v) is 9.19. The standard InChI is InChI=1S/C22H22N2O3S/c1-15-18-4-2-3-5-19(18)27-20(15)21(25)24-13-22(14-24)10-17(12-28-22)26-11-16-6-8-23-9-7-16/h2-9,17H,10-14H2,1H3/t17-/m0/s1. The molecule has 0 N–H and O–H groups in total. The number of aromatic nitrogens is 1. The number of fused-ring (bicyclic) bond motifs is 1. The fraction of sp³-hybridized carbons (Fsp3) is 0.364. The molecule has 0 saturated carbocycles. The number of pyridine rings is 1. The van der Waals surface area contributed by atoms with Gasteiger partial charge in [-0.3, -0.25) is 9.78 Å². The fourth-order valence-corrected chi connectivity index (χ4v) is 5.69. The van der Waals surface area contributed by atoms with Crippen molar-refractivity contribution in [3.05, 3.63) is 65.7 Å². The molecule has 6 heteroatoms. The first-order chi connectivity index (χ1) is 13.6. The lowest BCUT2D eigenvalue weighted by Crippen LogP contribution is -2.60. The monoisotopic (exact) mass is 394 g/mol. The third-order valence-corrected chi connectivity index (χ3v) is 7.27. The Morgan fingerprint density at radius 2 is 2.07 bits per heavy atom. The van der Waals surface area contributed by atoms with Gasteiger partial charge in [0.2, 0.25) is 0 Å². The molecule has 1 spiro atoms. The third kappa shape index (κ3) is 3.10. The maximum absolute atomic E-state index is 12.9. The van der Waals surface area contributed by atoms with Crippen LogP contribution in [0.3, 0.4) is 0 Å². The first kappa shape index (κ1) is 17.8. The summed E-state index contributed by atoms with van der Waals surface area (Å²) >= 11 is 1.94. The summed E-state index contributed by atoms with van der Waals surface area (Å²) in [5.74, 6) is 1.46. The lowest BCUT2D eigenvalue weighted by molar-refractivity contribution is 0.0243. The number of rotatable bonds is 4. The molecule has 2 aliphatic rings. The Bertz CT molecular complexity index is 1010. The van der Waals surface area contributed by atoms with Crippen molar-refractivity contribution in [3.8, 4) is 0 Å². The van der Waals surface area contributed by atoms with E-state index in [-0.39, 0.29) is 16.8 Å². The Kier molecular flexibility index (Phi) is 4.40. The van der Waals surface area contributed by atoms with Gasteiger partial charge in [-0.2, -0.15) is 0 Å². The van der Waals surface area contributed by atoms with Crippen LogP contribution >= 0.6 is 11.8 Å². The van der Waals surface area contributed by atoms with Crippen LogP contribution in [0.4, 0.5) is 0 Å². The van der Waals surface area contributed by atoms with E-state index < -0.39 is 0 Å². The van der Waals surface area contributed by atoms with Crippen molar-refractivity contribution in [3.63, 3.8) is 0 Å². The van der Waals surface area contributed by atoms with Crippen LogP contribution in [-0.2, 0) is 11.3 Å². The van der Waals surface area contributed by atoms with Crippen LogP contribution in [0.1, 0.15) is 28.1 Å². The Labute approximate surface area is 168 Å². The lowest BCUT2D eigenvalue weighted by atomic mass is 9.92.